The van der Waals surface area contributed by atoms with Gasteiger partial charge in [0.05, 0.1) is 5.54 Å². The molecule has 2 aliphatic heterocycles. The van der Waals surface area contributed by atoms with E-state index < -0.39 is 0 Å². The summed E-state index contributed by atoms with van der Waals surface area (Å²) in [6.45, 7) is 5.73. The van der Waals surface area contributed by atoms with Crippen molar-refractivity contribution in [3.63, 3.8) is 0 Å². The van der Waals surface area contributed by atoms with Gasteiger partial charge in [-0.3, -0.25) is 4.99 Å². The maximum atomic E-state index is 5.45. The lowest BCUT2D eigenvalue weighted by molar-refractivity contribution is 0.282. The van der Waals surface area contributed by atoms with Crippen molar-refractivity contribution in [3.8, 4) is 0 Å². The van der Waals surface area contributed by atoms with E-state index in [2.05, 4.69) is 23.8 Å². The summed E-state index contributed by atoms with van der Waals surface area (Å²) in [4.78, 5) is 8.75. The number of thioether (sulfide) groups is 1. The Morgan fingerprint density at radius 2 is 2.33 bits per heavy atom. The van der Waals surface area contributed by atoms with Crippen LogP contribution >= 0.6 is 11.8 Å². The summed E-state index contributed by atoms with van der Waals surface area (Å²) in [5, 5.41) is 0.987. The van der Waals surface area contributed by atoms with Crippen LogP contribution in [0.3, 0.4) is 0 Å². The van der Waals surface area contributed by atoms with Crippen LogP contribution in [-0.4, -0.2) is 35.4 Å². The summed E-state index contributed by atoms with van der Waals surface area (Å²) >= 11 is 1.73. The summed E-state index contributed by atoms with van der Waals surface area (Å²) in [7, 11) is 0. The molecule has 3 nitrogen and oxygen atoms in total. The van der Waals surface area contributed by atoms with E-state index in [1.165, 1.54) is 0 Å². The highest BCUT2D eigenvalue weighted by Crippen LogP contribution is 2.22. The predicted octanol–water partition coefficient (Wildman–Crippen LogP) is 1.34. The largest absolute Gasteiger partial charge is 0.473 e. The van der Waals surface area contributed by atoms with Crippen molar-refractivity contribution < 1.29 is 4.74 Å². The van der Waals surface area contributed by atoms with Gasteiger partial charge in [-0.1, -0.05) is 11.8 Å². The summed E-state index contributed by atoms with van der Waals surface area (Å²) in [5.74, 6) is 1.82. The van der Waals surface area contributed by atoms with E-state index in [-0.39, 0.29) is 5.54 Å². The molecule has 12 heavy (non-hydrogen) atoms. The second kappa shape index (κ2) is 2.76. The highest BCUT2D eigenvalue weighted by molar-refractivity contribution is 8.16. The van der Waals surface area contributed by atoms with Crippen molar-refractivity contribution in [2.75, 3.05) is 18.9 Å². The molecule has 0 aromatic heterocycles. The number of ether oxygens (including phenoxy) is 1. The standard InChI is InChI=1S/C8H12N2OS/c1-8(2)5-11-6(10-8)7-9-3-4-12-7/h3-5H2,1-2H3. The number of aliphatic imine (C=N–C) groups is 2. The zero-order valence-electron chi connectivity index (χ0n) is 7.33. The zero-order valence-corrected chi connectivity index (χ0v) is 8.15. The molecule has 4 heteroatoms. The molecule has 2 heterocycles. The minimum Gasteiger partial charge on any atom is -0.473 e. The Hall–Kier alpha value is -0.510. The molecule has 0 radical (unpaired) electrons. The minimum atomic E-state index is -0.0546. The Balaban J connectivity index is 2.15. The quantitative estimate of drug-likeness (QED) is 0.616. The van der Waals surface area contributed by atoms with E-state index in [1.807, 2.05) is 0 Å². The molecule has 0 saturated heterocycles. The Morgan fingerprint density at radius 1 is 1.50 bits per heavy atom. The van der Waals surface area contributed by atoms with E-state index in [4.69, 9.17) is 4.74 Å². The molecule has 2 aliphatic rings. The third-order valence-electron chi connectivity index (χ3n) is 1.73. The van der Waals surface area contributed by atoms with Crippen molar-refractivity contribution in [2.45, 2.75) is 19.4 Å². The van der Waals surface area contributed by atoms with E-state index in [0.29, 0.717) is 6.61 Å². The second-order valence-electron chi connectivity index (χ2n) is 3.55. The van der Waals surface area contributed by atoms with Crippen LogP contribution in [0.15, 0.2) is 9.98 Å². The molecule has 0 unspecified atom stereocenters. The molecule has 0 aromatic rings. The molecule has 0 bridgehead atoms. The van der Waals surface area contributed by atoms with Gasteiger partial charge in [0.2, 0.25) is 5.90 Å². The zero-order chi connectivity index (χ0) is 8.60. The third-order valence-corrected chi connectivity index (χ3v) is 2.70. The molecule has 0 fully saturated rings. The maximum absolute atomic E-state index is 5.45. The van der Waals surface area contributed by atoms with Gasteiger partial charge in [0.1, 0.15) is 6.61 Å². The molecule has 0 aromatic carbocycles. The fourth-order valence-electron chi connectivity index (χ4n) is 1.16. The van der Waals surface area contributed by atoms with Crippen LogP contribution in [0.25, 0.3) is 0 Å². The fourth-order valence-corrected chi connectivity index (χ4v) is 1.95. The average molecular weight is 184 g/mol. The van der Waals surface area contributed by atoms with Crippen molar-refractivity contribution in [1.29, 1.82) is 0 Å². The Labute approximate surface area is 76.3 Å². The normalized spacial score (nSPS) is 26.5. The molecule has 0 amide bonds. The third kappa shape index (κ3) is 1.48. The Kier molecular flexibility index (Phi) is 1.87. The molecule has 0 N–H and O–H groups in total. The highest BCUT2D eigenvalue weighted by atomic mass is 32.2. The van der Waals surface area contributed by atoms with Crippen LogP contribution in [0.2, 0.25) is 0 Å². The number of hydrogen-bond acceptors (Lipinski definition) is 4. The lowest BCUT2D eigenvalue weighted by Crippen LogP contribution is -2.17. The lowest BCUT2D eigenvalue weighted by Gasteiger charge is -2.07. The van der Waals surface area contributed by atoms with Crippen molar-refractivity contribution >= 4 is 22.7 Å². The van der Waals surface area contributed by atoms with E-state index in [0.717, 1.165) is 23.2 Å². The molecule has 0 atom stereocenters. The van der Waals surface area contributed by atoms with Gasteiger partial charge in [-0.25, -0.2) is 4.99 Å². The van der Waals surface area contributed by atoms with Crippen LogP contribution < -0.4 is 0 Å². The van der Waals surface area contributed by atoms with Gasteiger partial charge in [-0.05, 0) is 13.8 Å². The summed E-state index contributed by atoms with van der Waals surface area (Å²) in [5.41, 5.74) is -0.0546. The average Bonchev–Trinajstić information content (AvgIpc) is 2.55. The smallest absolute Gasteiger partial charge is 0.242 e. The van der Waals surface area contributed by atoms with Crippen LogP contribution in [0, 0.1) is 0 Å². The van der Waals surface area contributed by atoms with Gasteiger partial charge in [-0.2, -0.15) is 0 Å². The van der Waals surface area contributed by atoms with Crippen LogP contribution in [0.1, 0.15) is 13.8 Å². The molecule has 0 aliphatic carbocycles. The minimum absolute atomic E-state index is 0.0546. The number of rotatable bonds is 1. The van der Waals surface area contributed by atoms with Crippen LogP contribution in [-0.2, 0) is 4.74 Å². The first-order valence-corrected chi connectivity index (χ1v) is 5.06. The van der Waals surface area contributed by atoms with Gasteiger partial charge in [0.25, 0.3) is 0 Å². The fraction of sp³-hybridized carbons (Fsp3) is 0.750. The number of nitrogens with zero attached hydrogens (tertiary/aromatic N) is 2. The Bertz CT molecular complexity index is 258. The first-order valence-electron chi connectivity index (χ1n) is 4.08. The number of hydrogen-bond donors (Lipinski definition) is 0. The molecule has 66 valence electrons. The van der Waals surface area contributed by atoms with E-state index >= 15 is 0 Å². The van der Waals surface area contributed by atoms with Gasteiger partial charge in [0, 0.05) is 12.3 Å². The molecule has 2 rings (SSSR count). The molecular formula is C8H12N2OS. The van der Waals surface area contributed by atoms with Gasteiger partial charge >= 0.3 is 0 Å². The molecule has 0 spiro atoms. The second-order valence-corrected chi connectivity index (χ2v) is 4.64. The van der Waals surface area contributed by atoms with Crippen LogP contribution in [0.4, 0.5) is 0 Å². The first kappa shape index (κ1) is 8.10. The van der Waals surface area contributed by atoms with Gasteiger partial charge < -0.3 is 4.74 Å². The van der Waals surface area contributed by atoms with Crippen molar-refractivity contribution in [2.24, 2.45) is 9.98 Å². The van der Waals surface area contributed by atoms with E-state index in [1.54, 1.807) is 11.8 Å². The summed E-state index contributed by atoms with van der Waals surface area (Å²) in [6.07, 6.45) is 0. The highest BCUT2D eigenvalue weighted by Gasteiger charge is 2.29. The van der Waals surface area contributed by atoms with Gasteiger partial charge in [-0.15, -0.1) is 0 Å². The van der Waals surface area contributed by atoms with Gasteiger partial charge in [0.15, 0.2) is 5.04 Å². The first-order chi connectivity index (χ1) is 5.67. The van der Waals surface area contributed by atoms with Crippen LogP contribution in [0.5, 0.6) is 0 Å². The van der Waals surface area contributed by atoms with Crippen molar-refractivity contribution in [1.82, 2.24) is 0 Å². The monoisotopic (exact) mass is 184 g/mol. The Morgan fingerprint density at radius 3 is 2.83 bits per heavy atom. The van der Waals surface area contributed by atoms with E-state index in [9.17, 15) is 0 Å². The molecule has 0 saturated carbocycles. The summed E-state index contributed by atoms with van der Waals surface area (Å²) in [6, 6.07) is 0. The maximum Gasteiger partial charge on any atom is 0.242 e. The SMILES string of the molecule is CC1(C)COC(C2=NCCS2)=N1. The lowest BCUT2D eigenvalue weighted by atomic mass is 10.1. The predicted molar refractivity (Wildman–Crippen MR) is 52.2 cm³/mol. The topological polar surface area (TPSA) is 34.0 Å². The summed E-state index contributed by atoms with van der Waals surface area (Å²) < 4.78 is 5.45. The van der Waals surface area contributed by atoms with Crippen molar-refractivity contribution in [3.05, 3.63) is 0 Å². The molecular weight excluding hydrogens is 172 g/mol.